The number of carbonyl (C=O) groups is 1. The van der Waals surface area contributed by atoms with E-state index in [0.717, 1.165) is 5.56 Å². The van der Waals surface area contributed by atoms with Crippen LogP contribution in [0.25, 0.3) is 11.4 Å². The number of halogens is 1. The maximum absolute atomic E-state index is 13.6. The van der Waals surface area contributed by atoms with E-state index in [4.69, 9.17) is 9.26 Å². The van der Waals surface area contributed by atoms with E-state index in [1.54, 1.807) is 36.7 Å². The second kappa shape index (κ2) is 6.31. The predicted octanol–water partition coefficient (Wildman–Crippen LogP) is 1.89. The van der Waals surface area contributed by atoms with E-state index in [0.29, 0.717) is 17.8 Å². The first-order chi connectivity index (χ1) is 12.2. The molecule has 1 aromatic carbocycles. The number of fused-ring (bicyclic) bond motifs is 1. The lowest BCUT2D eigenvalue weighted by atomic mass is 10.1. The standard InChI is InChI=1S/C17H13FN4O3/c18-12-3-1-2-11-8-13(24-15(11)12)17(23)20-9-14-21-16(22-25-14)10-4-6-19-7-5-10/h1-7,13H,8-9H2,(H,20,23)/t13-/m0/s1. The number of benzene rings is 1. The molecule has 25 heavy (non-hydrogen) atoms. The Hall–Kier alpha value is -3.29. The number of carbonyl (C=O) groups excluding carboxylic acids is 1. The molecule has 2 aromatic heterocycles. The first kappa shape index (κ1) is 15.3. The molecule has 0 spiro atoms. The van der Waals surface area contributed by atoms with Gasteiger partial charge in [0.2, 0.25) is 11.7 Å². The van der Waals surface area contributed by atoms with Gasteiger partial charge < -0.3 is 14.6 Å². The van der Waals surface area contributed by atoms with Crippen LogP contribution in [0.2, 0.25) is 0 Å². The van der Waals surface area contributed by atoms with Crippen molar-refractivity contribution in [3.8, 4) is 17.1 Å². The highest BCUT2D eigenvalue weighted by Gasteiger charge is 2.31. The summed E-state index contributed by atoms with van der Waals surface area (Å²) in [7, 11) is 0. The molecule has 0 bridgehead atoms. The van der Waals surface area contributed by atoms with Crippen molar-refractivity contribution in [3.63, 3.8) is 0 Å². The summed E-state index contributed by atoms with van der Waals surface area (Å²) < 4.78 is 24.2. The third-order valence-electron chi connectivity index (χ3n) is 3.83. The molecule has 0 saturated carbocycles. The molecule has 1 aliphatic rings. The molecule has 0 fully saturated rings. The van der Waals surface area contributed by atoms with E-state index in [1.165, 1.54) is 6.07 Å². The first-order valence-corrected chi connectivity index (χ1v) is 7.65. The number of hydrogen-bond donors (Lipinski definition) is 1. The SMILES string of the molecule is O=C(NCc1nc(-c2ccncc2)no1)[C@@H]1Cc2cccc(F)c2O1. The molecule has 1 aliphatic heterocycles. The minimum atomic E-state index is -0.769. The molecular formula is C17H13FN4O3. The number of aromatic nitrogens is 3. The van der Waals surface area contributed by atoms with Gasteiger partial charge >= 0.3 is 0 Å². The Morgan fingerprint density at radius 3 is 2.92 bits per heavy atom. The van der Waals surface area contributed by atoms with Crippen LogP contribution in [-0.2, 0) is 17.8 Å². The number of rotatable bonds is 4. The summed E-state index contributed by atoms with van der Waals surface area (Å²) in [4.78, 5) is 20.4. The third-order valence-corrected chi connectivity index (χ3v) is 3.83. The molecule has 0 aliphatic carbocycles. The van der Waals surface area contributed by atoms with Gasteiger partial charge in [0, 0.05) is 29.9 Å². The lowest BCUT2D eigenvalue weighted by Gasteiger charge is -2.10. The highest BCUT2D eigenvalue weighted by Crippen LogP contribution is 2.31. The molecule has 1 amide bonds. The molecule has 8 heteroatoms. The number of amides is 1. The second-order valence-corrected chi connectivity index (χ2v) is 5.50. The van der Waals surface area contributed by atoms with E-state index in [9.17, 15) is 9.18 Å². The van der Waals surface area contributed by atoms with Gasteiger partial charge in [-0.25, -0.2) is 4.39 Å². The molecule has 7 nitrogen and oxygen atoms in total. The summed E-state index contributed by atoms with van der Waals surface area (Å²) in [5.74, 6) is -0.00790. The average molecular weight is 340 g/mol. The number of para-hydroxylation sites is 1. The van der Waals surface area contributed by atoms with Gasteiger partial charge in [-0.3, -0.25) is 9.78 Å². The van der Waals surface area contributed by atoms with Gasteiger partial charge in [0.25, 0.3) is 5.91 Å². The summed E-state index contributed by atoms with van der Waals surface area (Å²) in [6, 6.07) is 8.15. The molecule has 0 radical (unpaired) electrons. The van der Waals surface area contributed by atoms with Crippen LogP contribution in [-0.4, -0.2) is 27.1 Å². The van der Waals surface area contributed by atoms with Crippen molar-refractivity contribution in [2.75, 3.05) is 0 Å². The van der Waals surface area contributed by atoms with Crippen molar-refractivity contribution < 1.29 is 18.4 Å². The molecule has 0 unspecified atom stereocenters. The van der Waals surface area contributed by atoms with Gasteiger partial charge in [0.1, 0.15) is 0 Å². The van der Waals surface area contributed by atoms with E-state index in [1.807, 2.05) is 0 Å². The van der Waals surface area contributed by atoms with Crippen molar-refractivity contribution >= 4 is 5.91 Å². The largest absolute Gasteiger partial charge is 0.477 e. The van der Waals surface area contributed by atoms with Crippen molar-refractivity contribution in [1.29, 1.82) is 0 Å². The van der Waals surface area contributed by atoms with Crippen molar-refractivity contribution in [2.45, 2.75) is 19.1 Å². The number of nitrogens with one attached hydrogen (secondary N) is 1. The zero-order valence-corrected chi connectivity index (χ0v) is 13.0. The van der Waals surface area contributed by atoms with Crippen molar-refractivity contribution in [1.82, 2.24) is 20.4 Å². The molecule has 3 heterocycles. The van der Waals surface area contributed by atoms with Gasteiger partial charge in [0.05, 0.1) is 6.54 Å². The quantitative estimate of drug-likeness (QED) is 0.780. The summed E-state index contributed by atoms with van der Waals surface area (Å²) in [5.41, 5.74) is 1.44. The van der Waals surface area contributed by atoms with Gasteiger partial charge in [-0.15, -0.1) is 0 Å². The molecule has 4 rings (SSSR count). The van der Waals surface area contributed by atoms with Crippen molar-refractivity contribution in [2.24, 2.45) is 0 Å². The van der Waals surface area contributed by atoms with Crippen LogP contribution in [0.4, 0.5) is 4.39 Å². The third kappa shape index (κ3) is 3.06. The summed E-state index contributed by atoms with van der Waals surface area (Å²) >= 11 is 0. The summed E-state index contributed by atoms with van der Waals surface area (Å²) in [5, 5.41) is 6.52. The number of nitrogens with zero attached hydrogens (tertiary/aromatic N) is 3. The van der Waals surface area contributed by atoms with E-state index < -0.39 is 11.9 Å². The first-order valence-electron chi connectivity index (χ1n) is 7.65. The Kier molecular flexibility index (Phi) is 3.85. The number of pyridine rings is 1. The Balaban J connectivity index is 1.37. The Labute approximate surface area is 141 Å². The zero-order chi connectivity index (χ0) is 17.2. The minimum Gasteiger partial charge on any atom is -0.477 e. The van der Waals surface area contributed by atoms with E-state index in [-0.39, 0.29) is 24.1 Å². The van der Waals surface area contributed by atoms with E-state index in [2.05, 4.69) is 20.4 Å². The smallest absolute Gasteiger partial charge is 0.261 e. The molecular weight excluding hydrogens is 327 g/mol. The van der Waals surface area contributed by atoms with Crippen LogP contribution in [0.5, 0.6) is 5.75 Å². The van der Waals surface area contributed by atoms with Crippen LogP contribution in [0.1, 0.15) is 11.5 Å². The number of hydrogen-bond acceptors (Lipinski definition) is 6. The van der Waals surface area contributed by atoms with Gasteiger partial charge in [-0.1, -0.05) is 17.3 Å². The van der Waals surface area contributed by atoms with Crippen molar-refractivity contribution in [3.05, 3.63) is 60.0 Å². The number of ether oxygens (including phenoxy) is 1. The average Bonchev–Trinajstić information content (AvgIpc) is 3.28. The van der Waals surface area contributed by atoms with Gasteiger partial charge in [-0.05, 0) is 18.2 Å². The topological polar surface area (TPSA) is 90.1 Å². The fourth-order valence-electron chi connectivity index (χ4n) is 2.60. The van der Waals surface area contributed by atoms with Crippen LogP contribution in [0, 0.1) is 5.82 Å². The van der Waals surface area contributed by atoms with E-state index >= 15 is 0 Å². The maximum Gasteiger partial charge on any atom is 0.261 e. The van der Waals surface area contributed by atoms with Crippen LogP contribution in [0.15, 0.2) is 47.2 Å². The molecule has 1 atom stereocenters. The van der Waals surface area contributed by atoms with Gasteiger partial charge in [-0.2, -0.15) is 4.98 Å². The summed E-state index contributed by atoms with van der Waals surface area (Å²) in [6.45, 7) is 0.0651. The lowest BCUT2D eigenvalue weighted by Crippen LogP contribution is -2.37. The fourth-order valence-corrected chi connectivity index (χ4v) is 2.60. The van der Waals surface area contributed by atoms with Crippen LogP contribution < -0.4 is 10.1 Å². The Bertz CT molecular complexity index is 913. The zero-order valence-electron chi connectivity index (χ0n) is 13.0. The highest BCUT2D eigenvalue weighted by atomic mass is 19.1. The molecule has 1 N–H and O–H groups in total. The minimum absolute atomic E-state index is 0.0651. The summed E-state index contributed by atoms with van der Waals surface area (Å²) in [6.07, 6.45) is 2.81. The Morgan fingerprint density at radius 2 is 2.12 bits per heavy atom. The second-order valence-electron chi connectivity index (χ2n) is 5.50. The van der Waals surface area contributed by atoms with Crippen LogP contribution in [0.3, 0.4) is 0 Å². The maximum atomic E-state index is 13.6. The normalized spacial score (nSPS) is 15.5. The molecule has 0 saturated heterocycles. The lowest BCUT2D eigenvalue weighted by molar-refractivity contribution is -0.127. The highest BCUT2D eigenvalue weighted by molar-refractivity contribution is 5.82. The molecule has 126 valence electrons. The molecule has 3 aromatic rings. The Morgan fingerprint density at radius 1 is 1.28 bits per heavy atom. The van der Waals surface area contributed by atoms with Gasteiger partial charge in [0.15, 0.2) is 17.7 Å². The predicted molar refractivity (Wildman–Crippen MR) is 83.9 cm³/mol. The fraction of sp³-hybridized carbons (Fsp3) is 0.176. The monoisotopic (exact) mass is 340 g/mol. The van der Waals surface area contributed by atoms with Crippen LogP contribution >= 0.6 is 0 Å².